The fraction of sp³-hybridized carbons (Fsp3) is 0.820. The second-order valence-corrected chi connectivity index (χ2v) is 17.9. The number of carboxylic acids is 2. The molecule has 340 valence electrons. The van der Waals surface area contributed by atoms with Crippen molar-refractivity contribution in [1.29, 1.82) is 0 Å². The number of carboxylic acid groups (broad SMARTS) is 2. The number of hydrogen-bond donors (Lipinski definition) is 3. The average molecular weight is 828 g/mol. The van der Waals surface area contributed by atoms with Gasteiger partial charge in [0.15, 0.2) is 23.1 Å². The van der Waals surface area contributed by atoms with Crippen molar-refractivity contribution in [3.63, 3.8) is 0 Å². The number of ketones is 2. The smallest absolute Gasteiger partial charge is 0.331 e. The molecule has 0 saturated carbocycles. The molecule has 1 aliphatic carbocycles. The van der Waals surface area contributed by atoms with Crippen LogP contribution < -0.4 is 5.73 Å². The molecule has 1 heterocycles. The van der Waals surface area contributed by atoms with Gasteiger partial charge in [-0.2, -0.15) is 0 Å². The minimum Gasteiger partial charge on any atom is -0.481 e. The van der Waals surface area contributed by atoms with Crippen molar-refractivity contribution in [1.82, 2.24) is 4.90 Å². The second-order valence-electron chi connectivity index (χ2n) is 17.9. The number of rotatable bonds is 37. The number of nitrogens with two attached hydrogens (primary N) is 1. The van der Waals surface area contributed by atoms with E-state index in [0.29, 0.717) is 31.8 Å². The van der Waals surface area contributed by atoms with Crippen LogP contribution in [0, 0.1) is 5.41 Å². The molecule has 0 spiro atoms. The van der Waals surface area contributed by atoms with Gasteiger partial charge in [0.05, 0.1) is 12.0 Å². The quantitative estimate of drug-likeness (QED) is 0.0524. The number of likely N-dealkylation sites (N-methyl/N-ethyl adjacent to an activating group) is 1. The molecule has 0 aromatic heterocycles. The first kappa shape index (κ1) is 54.2. The van der Waals surface area contributed by atoms with E-state index in [2.05, 4.69) is 18.8 Å². The number of nitrogens with zero attached hydrogens (tertiary/aromatic N) is 2. The Bertz CT molecular complexity index is 1260. The van der Waals surface area contributed by atoms with Gasteiger partial charge in [-0.1, -0.05) is 212 Å². The van der Waals surface area contributed by atoms with Crippen LogP contribution in [0.3, 0.4) is 0 Å². The predicted molar refractivity (Wildman–Crippen MR) is 246 cm³/mol. The number of allylic oxidation sites excluding steroid dienone is 2. The van der Waals surface area contributed by atoms with E-state index >= 15 is 0 Å². The lowest BCUT2D eigenvalue weighted by Crippen LogP contribution is -2.50. The normalized spacial score (nSPS) is 18.6. The van der Waals surface area contributed by atoms with Crippen LogP contribution in [0.1, 0.15) is 240 Å². The van der Waals surface area contributed by atoms with E-state index in [1.54, 1.807) is 0 Å². The highest BCUT2D eigenvalue weighted by Gasteiger charge is 2.42. The Morgan fingerprint density at radius 2 is 0.983 bits per heavy atom. The first-order valence-corrected chi connectivity index (χ1v) is 24.5. The van der Waals surface area contributed by atoms with E-state index in [0.717, 1.165) is 25.7 Å². The summed E-state index contributed by atoms with van der Waals surface area (Å²) in [7, 11) is 0. The van der Waals surface area contributed by atoms with Gasteiger partial charge in [-0.05, 0) is 33.1 Å². The Kier molecular flexibility index (Phi) is 31.1. The molecule has 2 rings (SSSR count). The SMILES string of the molecule is CC1(C(=O)O)C=CC=C(C(=O)O)C1.CCCCCCCCCCCCCCCCCC(=O)C1=NC(N)(C(=O)CCCCCCCCCCCCCCCCC)CN1CC. The summed E-state index contributed by atoms with van der Waals surface area (Å²) in [6.07, 6.45) is 44.7. The molecule has 0 amide bonds. The molecule has 1 aliphatic heterocycles. The number of aliphatic imine (C=N–C) groups is 1. The molecule has 2 atom stereocenters. The summed E-state index contributed by atoms with van der Waals surface area (Å²) in [4.78, 5) is 53.9. The van der Waals surface area contributed by atoms with Gasteiger partial charge < -0.3 is 15.1 Å². The molecule has 2 unspecified atom stereocenters. The standard InChI is InChI=1S/C41H79N3O2.C9H10O4/c1-4-7-9-11-13-15-17-19-21-23-25-27-29-31-33-35-38(45)40-43-41(42,37-44(40)6-3)39(46)36-34-32-30-28-26-24-22-20-18-16-14-12-10-8-5-2;1-9(8(12)13)4-2-3-6(5-9)7(10)11/h4-37,42H2,1-3H3;2-4H,5H2,1H3,(H,10,11)(H,12,13). The van der Waals surface area contributed by atoms with Gasteiger partial charge in [-0.25, -0.2) is 9.79 Å². The Balaban J connectivity index is 0.00000113. The van der Waals surface area contributed by atoms with Crippen molar-refractivity contribution in [3.05, 3.63) is 23.8 Å². The van der Waals surface area contributed by atoms with E-state index < -0.39 is 23.0 Å². The van der Waals surface area contributed by atoms with Crippen LogP contribution in [0.15, 0.2) is 28.8 Å². The van der Waals surface area contributed by atoms with E-state index in [4.69, 9.17) is 15.9 Å². The predicted octanol–water partition coefficient (Wildman–Crippen LogP) is 13.1. The highest BCUT2D eigenvalue weighted by Crippen LogP contribution is 2.31. The van der Waals surface area contributed by atoms with Gasteiger partial charge in [0, 0.05) is 25.0 Å². The summed E-state index contributed by atoms with van der Waals surface area (Å²) < 4.78 is 0. The molecule has 4 N–H and O–H groups in total. The van der Waals surface area contributed by atoms with Crippen molar-refractivity contribution in [2.45, 2.75) is 245 Å². The number of amidine groups is 1. The largest absolute Gasteiger partial charge is 0.481 e. The molecular formula is C50H89N3O6. The lowest BCUT2D eigenvalue weighted by Gasteiger charge is -2.23. The van der Waals surface area contributed by atoms with Gasteiger partial charge in [0.2, 0.25) is 0 Å². The fourth-order valence-electron chi connectivity index (χ4n) is 8.14. The number of hydrogen-bond acceptors (Lipinski definition) is 7. The Hall–Kier alpha value is -2.81. The molecule has 0 aromatic rings. The van der Waals surface area contributed by atoms with Crippen LogP contribution >= 0.6 is 0 Å². The van der Waals surface area contributed by atoms with Crippen molar-refractivity contribution in [2.75, 3.05) is 13.1 Å². The number of unbranched alkanes of at least 4 members (excludes halogenated alkanes) is 28. The Morgan fingerprint density at radius 1 is 0.610 bits per heavy atom. The molecule has 9 nitrogen and oxygen atoms in total. The maximum Gasteiger partial charge on any atom is 0.331 e. The van der Waals surface area contributed by atoms with Crippen LogP contribution in [0.4, 0.5) is 0 Å². The third-order valence-corrected chi connectivity index (χ3v) is 12.2. The summed E-state index contributed by atoms with van der Waals surface area (Å²) in [5.74, 6) is -1.56. The van der Waals surface area contributed by atoms with Gasteiger partial charge in [-0.15, -0.1) is 0 Å². The van der Waals surface area contributed by atoms with E-state index in [1.807, 2.05) is 11.8 Å². The lowest BCUT2D eigenvalue weighted by atomic mass is 9.80. The van der Waals surface area contributed by atoms with Crippen molar-refractivity contribution < 1.29 is 29.4 Å². The topological polar surface area (TPSA) is 150 Å². The molecule has 0 radical (unpaired) electrons. The first-order chi connectivity index (χ1) is 28.4. The maximum absolute atomic E-state index is 13.1. The van der Waals surface area contributed by atoms with Crippen LogP contribution in [0.5, 0.6) is 0 Å². The average Bonchev–Trinajstić information content (AvgIpc) is 3.58. The monoisotopic (exact) mass is 828 g/mol. The van der Waals surface area contributed by atoms with E-state index in [-0.39, 0.29) is 23.6 Å². The Labute approximate surface area is 360 Å². The summed E-state index contributed by atoms with van der Waals surface area (Å²) in [6, 6.07) is 0. The van der Waals surface area contributed by atoms with Crippen LogP contribution in [-0.2, 0) is 19.2 Å². The van der Waals surface area contributed by atoms with Crippen LogP contribution in [0.2, 0.25) is 0 Å². The zero-order valence-electron chi connectivity index (χ0n) is 38.5. The third-order valence-electron chi connectivity index (χ3n) is 12.2. The minimum atomic E-state index is -1.24. The highest BCUT2D eigenvalue weighted by atomic mass is 16.4. The van der Waals surface area contributed by atoms with Crippen LogP contribution in [0.25, 0.3) is 0 Å². The number of carbonyl (C=O) groups excluding carboxylic acids is 2. The van der Waals surface area contributed by atoms with E-state index in [9.17, 15) is 19.2 Å². The molecule has 9 heteroatoms. The Morgan fingerprint density at radius 3 is 1.34 bits per heavy atom. The summed E-state index contributed by atoms with van der Waals surface area (Å²) in [5, 5.41) is 17.5. The van der Waals surface area contributed by atoms with Gasteiger partial charge in [0.1, 0.15) is 0 Å². The maximum atomic E-state index is 13.1. The molecular weight excluding hydrogens is 739 g/mol. The molecule has 2 aliphatic rings. The first-order valence-electron chi connectivity index (χ1n) is 24.5. The highest BCUT2D eigenvalue weighted by molar-refractivity contribution is 6.39. The zero-order chi connectivity index (χ0) is 43.6. The molecule has 59 heavy (non-hydrogen) atoms. The van der Waals surface area contributed by atoms with Crippen molar-refractivity contribution >= 4 is 29.3 Å². The summed E-state index contributed by atoms with van der Waals surface area (Å²) in [5.41, 5.74) is 4.32. The molecule has 0 saturated heterocycles. The van der Waals surface area contributed by atoms with Crippen molar-refractivity contribution in [3.8, 4) is 0 Å². The van der Waals surface area contributed by atoms with Gasteiger partial charge >= 0.3 is 11.9 Å². The summed E-state index contributed by atoms with van der Waals surface area (Å²) >= 11 is 0. The fourth-order valence-corrected chi connectivity index (χ4v) is 8.14. The number of Topliss-reactive ketones (excluding diaryl/α,β-unsaturated/α-hetero) is 2. The lowest BCUT2D eigenvalue weighted by molar-refractivity contribution is -0.145. The van der Waals surface area contributed by atoms with Crippen molar-refractivity contribution in [2.24, 2.45) is 16.1 Å². The van der Waals surface area contributed by atoms with Gasteiger partial charge in [0.25, 0.3) is 0 Å². The zero-order valence-corrected chi connectivity index (χ0v) is 38.5. The number of carbonyl (C=O) groups is 4. The molecule has 0 aromatic carbocycles. The van der Waals surface area contributed by atoms with Gasteiger partial charge in [-0.3, -0.25) is 20.1 Å². The third kappa shape index (κ3) is 24.9. The van der Waals surface area contributed by atoms with Crippen LogP contribution in [-0.4, -0.2) is 63.2 Å². The molecule has 0 fully saturated rings. The summed E-state index contributed by atoms with van der Waals surface area (Å²) in [6.45, 7) is 9.09. The molecule has 0 bridgehead atoms. The minimum absolute atomic E-state index is 0.00424. The van der Waals surface area contributed by atoms with E-state index in [1.165, 1.54) is 192 Å². The number of aliphatic carboxylic acids is 2. The second kappa shape index (κ2) is 33.9.